The first-order chi connectivity index (χ1) is 7.99. The van der Waals surface area contributed by atoms with E-state index in [0.29, 0.717) is 4.47 Å². The molecule has 1 N–H and O–H groups in total. The molecule has 0 aliphatic heterocycles. The molecule has 0 radical (unpaired) electrons. The first kappa shape index (κ1) is 11.8. The largest absolute Gasteiger partial charge is 0.477 e. The van der Waals surface area contributed by atoms with Crippen LogP contribution in [0.3, 0.4) is 0 Å². The summed E-state index contributed by atoms with van der Waals surface area (Å²) in [5.74, 6) is -2.56. The first-order valence-electron chi connectivity index (χ1n) is 4.55. The van der Waals surface area contributed by atoms with Crippen LogP contribution < -0.4 is 0 Å². The minimum absolute atomic E-state index is 0.145. The Morgan fingerprint density at radius 3 is 2.65 bits per heavy atom. The van der Waals surface area contributed by atoms with E-state index >= 15 is 0 Å². The second-order valence-electron chi connectivity index (χ2n) is 3.31. The number of carboxylic acids is 1. The zero-order valence-corrected chi connectivity index (χ0v) is 9.91. The number of benzene rings is 1. The lowest BCUT2D eigenvalue weighted by atomic mass is 10.3. The van der Waals surface area contributed by atoms with E-state index in [0.717, 1.165) is 22.8 Å². The van der Waals surface area contributed by atoms with Gasteiger partial charge in [-0.2, -0.15) is 0 Å². The van der Waals surface area contributed by atoms with E-state index < -0.39 is 17.6 Å². The van der Waals surface area contributed by atoms with Crippen molar-refractivity contribution >= 4 is 21.9 Å². The van der Waals surface area contributed by atoms with Gasteiger partial charge in [0.1, 0.15) is 17.3 Å². The Hall–Kier alpha value is -1.69. The molecule has 0 aliphatic rings. The van der Waals surface area contributed by atoms with Gasteiger partial charge in [-0.3, -0.25) is 0 Å². The van der Waals surface area contributed by atoms with Crippen molar-refractivity contribution < 1.29 is 18.7 Å². The van der Waals surface area contributed by atoms with Crippen LogP contribution in [0.25, 0.3) is 5.69 Å². The lowest BCUT2D eigenvalue weighted by Crippen LogP contribution is -2.07. The van der Waals surface area contributed by atoms with Crippen molar-refractivity contribution in [2.24, 2.45) is 0 Å². The number of nitrogens with zero attached hydrogens (tertiary/aromatic N) is 1. The van der Waals surface area contributed by atoms with Crippen molar-refractivity contribution in [3.05, 3.63) is 52.3 Å². The topological polar surface area (TPSA) is 42.2 Å². The summed E-state index contributed by atoms with van der Waals surface area (Å²) in [6.45, 7) is 0. The SMILES string of the molecule is O=C(O)c1cc(Br)cn1-c1cc(F)ccc1F. The molecule has 3 nitrogen and oxygen atoms in total. The Kier molecular flexibility index (Phi) is 2.97. The summed E-state index contributed by atoms with van der Waals surface area (Å²) in [7, 11) is 0. The third kappa shape index (κ3) is 2.21. The third-order valence-electron chi connectivity index (χ3n) is 2.17. The molecule has 2 aromatic rings. The van der Waals surface area contributed by atoms with Gasteiger partial charge in [-0.15, -0.1) is 0 Å². The molecule has 1 aromatic heterocycles. The molecule has 2 rings (SSSR count). The fraction of sp³-hybridized carbons (Fsp3) is 0. The van der Waals surface area contributed by atoms with E-state index in [4.69, 9.17) is 5.11 Å². The normalized spacial score (nSPS) is 10.5. The number of aromatic nitrogens is 1. The molecule has 0 saturated heterocycles. The molecule has 17 heavy (non-hydrogen) atoms. The highest BCUT2D eigenvalue weighted by atomic mass is 79.9. The van der Waals surface area contributed by atoms with Gasteiger partial charge in [0.25, 0.3) is 0 Å². The second kappa shape index (κ2) is 4.29. The van der Waals surface area contributed by atoms with Crippen LogP contribution in [0, 0.1) is 11.6 Å². The van der Waals surface area contributed by atoms with Crippen LogP contribution in [-0.2, 0) is 0 Å². The monoisotopic (exact) mass is 301 g/mol. The summed E-state index contributed by atoms with van der Waals surface area (Å²) in [5, 5.41) is 8.94. The number of hydrogen-bond acceptors (Lipinski definition) is 1. The number of halogens is 3. The lowest BCUT2D eigenvalue weighted by molar-refractivity contribution is 0.0688. The summed E-state index contributed by atoms with van der Waals surface area (Å²) >= 11 is 3.09. The van der Waals surface area contributed by atoms with Crippen LogP contribution in [0.1, 0.15) is 10.5 Å². The Labute approximate surface area is 103 Å². The average Bonchev–Trinajstić information content (AvgIpc) is 2.64. The molecule has 6 heteroatoms. The molecule has 1 aromatic carbocycles. The number of rotatable bonds is 2. The van der Waals surface area contributed by atoms with E-state index in [9.17, 15) is 13.6 Å². The van der Waals surface area contributed by atoms with Gasteiger partial charge in [-0.1, -0.05) is 0 Å². The van der Waals surface area contributed by atoms with E-state index in [1.807, 2.05) is 0 Å². The highest BCUT2D eigenvalue weighted by molar-refractivity contribution is 9.10. The fourth-order valence-electron chi connectivity index (χ4n) is 1.46. The quantitative estimate of drug-likeness (QED) is 0.925. The van der Waals surface area contributed by atoms with Gasteiger partial charge in [0.15, 0.2) is 0 Å². The molecule has 0 unspecified atom stereocenters. The van der Waals surface area contributed by atoms with E-state index in [1.54, 1.807) is 0 Å². The molecule has 0 bridgehead atoms. The Bertz CT molecular complexity index is 595. The predicted molar refractivity (Wildman–Crippen MR) is 60.3 cm³/mol. The molecular weight excluding hydrogens is 296 g/mol. The maximum atomic E-state index is 13.5. The van der Waals surface area contributed by atoms with Crippen molar-refractivity contribution in [1.82, 2.24) is 4.57 Å². The van der Waals surface area contributed by atoms with Gasteiger partial charge in [0.05, 0.1) is 5.69 Å². The summed E-state index contributed by atoms with van der Waals surface area (Å²) in [4.78, 5) is 10.9. The fourth-order valence-corrected chi connectivity index (χ4v) is 1.89. The van der Waals surface area contributed by atoms with E-state index in [1.165, 1.54) is 12.3 Å². The minimum atomic E-state index is -1.22. The van der Waals surface area contributed by atoms with Crippen LogP contribution in [-0.4, -0.2) is 15.6 Å². The van der Waals surface area contributed by atoms with Gasteiger partial charge >= 0.3 is 5.97 Å². The second-order valence-corrected chi connectivity index (χ2v) is 4.23. The maximum absolute atomic E-state index is 13.5. The summed E-state index contributed by atoms with van der Waals surface area (Å²) in [5.41, 5.74) is -0.297. The standard InChI is InChI=1S/C11H6BrF2NO2/c12-6-3-10(11(16)17)15(5-6)9-4-7(13)1-2-8(9)14/h1-5H,(H,16,17). The number of aromatic carboxylic acids is 1. The molecule has 0 atom stereocenters. The highest BCUT2D eigenvalue weighted by Gasteiger charge is 2.16. The average molecular weight is 302 g/mol. The maximum Gasteiger partial charge on any atom is 0.352 e. The first-order valence-corrected chi connectivity index (χ1v) is 5.35. The number of hydrogen-bond donors (Lipinski definition) is 1. The molecule has 0 fully saturated rings. The highest BCUT2D eigenvalue weighted by Crippen LogP contribution is 2.22. The van der Waals surface area contributed by atoms with Gasteiger partial charge in [0, 0.05) is 16.7 Å². The molecule has 88 valence electrons. The van der Waals surface area contributed by atoms with E-state index in [-0.39, 0.29) is 11.4 Å². The molecule has 1 heterocycles. The Balaban J connectivity index is 2.67. The Morgan fingerprint density at radius 2 is 2.00 bits per heavy atom. The zero-order chi connectivity index (χ0) is 12.6. The van der Waals surface area contributed by atoms with Crippen LogP contribution in [0.4, 0.5) is 8.78 Å². The van der Waals surface area contributed by atoms with Crippen molar-refractivity contribution in [2.75, 3.05) is 0 Å². The summed E-state index contributed by atoms with van der Waals surface area (Å²) in [6.07, 6.45) is 1.36. The third-order valence-corrected chi connectivity index (χ3v) is 2.61. The van der Waals surface area contributed by atoms with Crippen LogP contribution >= 0.6 is 15.9 Å². The van der Waals surface area contributed by atoms with Crippen molar-refractivity contribution in [1.29, 1.82) is 0 Å². The molecule has 0 amide bonds. The van der Waals surface area contributed by atoms with E-state index in [2.05, 4.69) is 15.9 Å². The minimum Gasteiger partial charge on any atom is -0.477 e. The van der Waals surface area contributed by atoms with Crippen molar-refractivity contribution in [2.45, 2.75) is 0 Å². The Morgan fingerprint density at radius 1 is 1.29 bits per heavy atom. The molecule has 0 spiro atoms. The molecule has 0 saturated carbocycles. The molecular formula is C11H6BrF2NO2. The van der Waals surface area contributed by atoms with Crippen LogP contribution in [0.5, 0.6) is 0 Å². The number of carboxylic acid groups (broad SMARTS) is 1. The predicted octanol–water partition coefficient (Wildman–Crippen LogP) is 3.22. The van der Waals surface area contributed by atoms with Gasteiger partial charge in [0.2, 0.25) is 0 Å². The molecule has 0 aliphatic carbocycles. The lowest BCUT2D eigenvalue weighted by Gasteiger charge is -2.07. The summed E-state index contributed by atoms with van der Waals surface area (Å²) in [6, 6.07) is 4.17. The van der Waals surface area contributed by atoms with Crippen LogP contribution in [0.15, 0.2) is 34.9 Å². The van der Waals surface area contributed by atoms with Crippen molar-refractivity contribution in [3.8, 4) is 5.69 Å². The van der Waals surface area contributed by atoms with Crippen LogP contribution in [0.2, 0.25) is 0 Å². The van der Waals surface area contributed by atoms with Gasteiger partial charge in [-0.05, 0) is 34.1 Å². The smallest absolute Gasteiger partial charge is 0.352 e. The van der Waals surface area contributed by atoms with Gasteiger partial charge < -0.3 is 9.67 Å². The number of carbonyl (C=O) groups is 1. The summed E-state index contributed by atoms with van der Waals surface area (Å²) < 4.78 is 28.1. The zero-order valence-electron chi connectivity index (χ0n) is 8.32. The van der Waals surface area contributed by atoms with Crippen molar-refractivity contribution in [3.63, 3.8) is 0 Å². The van der Waals surface area contributed by atoms with Gasteiger partial charge in [-0.25, -0.2) is 13.6 Å².